The number of fused-ring (bicyclic) bond motifs is 1. The summed E-state index contributed by atoms with van der Waals surface area (Å²) in [4.78, 5) is 18.5. The molecule has 0 heterocycles. The van der Waals surface area contributed by atoms with Gasteiger partial charge in [-0.1, -0.05) is 62.1 Å². The van der Waals surface area contributed by atoms with E-state index in [0.29, 0.717) is 6.42 Å². The normalized spacial score (nSPS) is 16.7. The molecule has 3 nitrogen and oxygen atoms in total. The van der Waals surface area contributed by atoms with Crippen LogP contribution in [0.1, 0.15) is 31.4 Å². The Morgan fingerprint density at radius 3 is 2.34 bits per heavy atom. The third kappa shape index (κ3) is 3.86. The Morgan fingerprint density at radius 1 is 1.07 bits per heavy atom. The van der Waals surface area contributed by atoms with Gasteiger partial charge >= 0.3 is 0 Å². The zero-order valence-corrected chi connectivity index (χ0v) is 17.9. The zero-order valence-electron chi connectivity index (χ0n) is 17.9. The quantitative estimate of drug-likeness (QED) is 0.620. The van der Waals surface area contributed by atoms with Crippen molar-refractivity contribution in [2.45, 2.75) is 20.3 Å². The second kappa shape index (κ2) is 8.44. The maximum Gasteiger partial charge on any atom is 0.156 e. The number of Topliss-reactive ketones (excluding diaryl/α,β-unsaturated/α-hetero) is 1. The molecule has 0 N–H and O–H groups in total. The Hall–Kier alpha value is -3.20. The van der Waals surface area contributed by atoms with Crippen LogP contribution in [-0.2, 0) is 4.79 Å². The van der Waals surface area contributed by atoms with Gasteiger partial charge < -0.3 is 4.90 Å². The number of carbonyl (C=O) groups excluding carboxylic acids is 1. The maximum absolute atomic E-state index is 12.0. The summed E-state index contributed by atoms with van der Waals surface area (Å²) < 4.78 is 0. The van der Waals surface area contributed by atoms with Crippen LogP contribution in [0.4, 0.5) is 0 Å². The van der Waals surface area contributed by atoms with E-state index < -0.39 is 0 Å². The summed E-state index contributed by atoms with van der Waals surface area (Å²) in [6.45, 7) is 7.87. The Bertz CT molecular complexity index is 1110. The minimum absolute atomic E-state index is 0.0992. The van der Waals surface area contributed by atoms with E-state index in [0.717, 1.165) is 39.3 Å². The predicted molar refractivity (Wildman–Crippen MR) is 125 cm³/mol. The van der Waals surface area contributed by atoms with Gasteiger partial charge in [0.1, 0.15) is 0 Å². The minimum Gasteiger partial charge on any atom is -0.378 e. The van der Waals surface area contributed by atoms with E-state index in [9.17, 15) is 4.79 Å². The average molecular weight is 385 g/mol. The van der Waals surface area contributed by atoms with Crippen molar-refractivity contribution < 1.29 is 4.79 Å². The van der Waals surface area contributed by atoms with Crippen molar-refractivity contribution in [2.75, 3.05) is 21.1 Å². The van der Waals surface area contributed by atoms with Crippen LogP contribution in [0.5, 0.6) is 0 Å². The molecule has 0 saturated carbocycles. The van der Waals surface area contributed by atoms with Crippen LogP contribution in [0.15, 0.2) is 77.3 Å². The summed E-state index contributed by atoms with van der Waals surface area (Å²) in [7, 11) is 5.80. The first kappa shape index (κ1) is 20.5. The van der Waals surface area contributed by atoms with E-state index in [1.165, 1.54) is 10.8 Å². The molecule has 0 radical (unpaired) electrons. The summed E-state index contributed by atoms with van der Waals surface area (Å²) >= 11 is 0. The van der Waals surface area contributed by atoms with Crippen LogP contribution >= 0.6 is 0 Å². The lowest BCUT2D eigenvalue weighted by atomic mass is 9.87. The smallest absolute Gasteiger partial charge is 0.156 e. The molecule has 3 rings (SSSR count). The lowest BCUT2D eigenvalue weighted by molar-refractivity contribution is -0.113. The first-order valence-corrected chi connectivity index (χ1v) is 9.88. The number of carbonyl (C=O) groups is 1. The zero-order chi connectivity index (χ0) is 21.1. The van der Waals surface area contributed by atoms with Crippen molar-refractivity contribution in [1.82, 2.24) is 4.90 Å². The van der Waals surface area contributed by atoms with Crippen molar-refractivity contribution in [1.29, 1.82) is 0 Å². The molecule has 1 aliphatic carbocycles. The monoisotopic (exact) mass is 384 g/mol. The molecular formula is C26H28N2O. The van der Waals surface area contributed by atoms with Gasteiger partial charge in [0.25, 0.3) is 0 Å². The molecule has 0 spiro atoms. The number of hydrogen-bond acceptors (Lipinski definition) is 3. The van der Waals surface area contributed by atoms with Gasteiger partial charge in [-0.2, -0.15) is 0 Å². The molecule has 0 aromatic heterocycles. The first-order chi connectivity index (χ1) is 13.9. The molecule has 148 valence electrons. The van der Waals surface area contributed by atoms with Crippen LogP contribution in [0, 0.1) is 0 Å². The van der Waals surface area contributed by atoms with Gasteiger partial charge in [-0.3, -0.25) is 9.79 Å². The molecule has 1 aliphatic rings. The number of nitrogens with zero attached hydrogens (tertiary/aromatic N) is 2. The molecule has 29 heavy (non-hydrogen) atoms. The van der Waals surface area contributed by atoms with Crippen molar-refractivity contribution in [3.8, 4) is 0 Å². The molecule has 0 amide bonds. The van der Waals surface area contributed by atoms with Crippen LogP contribution in [0.2, 0.25) is 0 Å². The molecule has 3 heteroatoms. The first-order valence-electron chi connectivity index (χ1n) is 9.88. The Kier molecular flexibility index (Phi) is 5.97. The number of benzene rings is 2. The number of rotatable bonds is 5. The van der Waals surface area contributed by atoms with Crippen molar-refractivity contribution >= 4 is 33.5 Å². The fourth-order valence-corrected chi connectivity index (χ4v) is 3.81. The van der Waals surface area contributed by atoms with E-state index in [4.69, 9.17) is 0 Å². The highest BCUT2D eigenvalue weighted by atomic mass is 16.1. The fourth-order valence-electron chi connectivity index (χ4n) is 3.81. The topological polar surface area (TPSA) is 32.7 Å². The second-order valence-electron chi connectivity index (χ2n) is 7.39. The summed E-state index contributed by atoms with van der Waals surface area (Å²) in [6, 6.07) is 12.7. The van der Waals surface area contributed by atoms with Gasteiger partial charge in [-0.15, -0.1) is 0 Å². The number of aliphatic imine (C=N–C) groups is 1. The lowest BCUT2D eigenvalue weighted by Gasteiger charge is -2.20. The van der Waals surface area contributed by atoms with Gasteiger partial charge in [-0.05, 0) is 41.3 Å². The van der Waals surface area contributed by atoms with Gasteiger partial charge in [0.15, 0.2) is 5.78 Å². The van der Waals surface area contributed by atoms with Gasteiger partial charge in [0.2, 0.25) is 0 Å². The third-order valence-corrected chi connectivity index (χ3v) is 5.43. The van der Waals surface area contributed by atoms with E-state index in [1.54, 1.807) is 14.0 Å². The van der Waals surface area contributed by atoms with Crippen molar-refractivity contribution in [2.24, 2.45) is 4.99 Å². The molecule has 0 atom stereocenters. The van der Waals surface area contributed by atoms with E-state index in [1.807, 2.05) is 32.0 Å². The Balaban J connectivity index is 2.17. The van der Waals surface area contributed by atoms with Gasteiger partial charge in [-0.25, -0.2) is 0 Å². The predicted octanol–water partition coefficient (Wildman–Crippen LogP) is 5.69. The average Bonchev–Trinajstić information content (AvgIpc) is 2.72. The molecule has 0 unspecified atom stereocenters. The summed E-state index contributed by atoms with van der Waals surface area (Å²) in [6.07, 6.45) is 6.89. The largest absolute Gasteiger partial charge is 0.378 e. The second-order valence-corrected chi connectivity index (χ2v) is 7.39. The van der Waals surface area contributed by atoms with E-state index >= 15 is 0 Å². The molecule has 2 aromatic rings. The standard InChI is InChI=1S/C26H28N2O/c1-7-20(18(3)29)25-13-12-19(16-26(25)27-4)22-15-14-21(17(2)28(5)6)23-10-8-9-11-24(22)23/h8-16H,2,7H2,1,3-6H3/b25-20+,27-26?. The highest BCUT2D eigenvalue weighted by Gasteiger charge is 2.18. The minimum atomic E-state index is 0.0992. The molecular weight excluding hydrogens is 356 g/mol. The highest BCUT2D eigenvalue weighted by Crippen LogP contribution is 2.34. The van der Waals surface area contributed by atoms with Crippen LogP contribution in [0.25, 0.3) is 22.0 Å². The maximum atomic E-state index is 12.0. The molecule has 0 fully saturated rings. The van der Waals surface area contributed by atoms with Crippen LogP contribution in [0.3, 0.4) is 0 Å². The van der Waals surface area contributed by atoms with Crippen molar-refractivity contribution in [3.05, 3.63) is 83.5 Å². The molecule has 0 aliphatic heterocycles. The van der Waals surface area contributed by atoms with E-state index in [2.05, 4.69) is 60.1 Å². The Morgan fingerprint density at radius 2 is 1.76 bits per heavy atom. The van der Waals surface area contributed by atoms with E-state index in [-0.39, 0.29) is 5.78 Å². The van der Waals surface area contributed by atoms with Crippen LogP contribution in [-0.4, -0.2) is 37.5 Å². The van der Waals surface area contributed by atoms with Crippen molar-refractivity contribution in [3.63, 3.8) is 0 Å². The Labute approximate surface area is 173 Å². The molecule has 0 saturated heterocycles. The fraction of sp³-hybridized carbons (Fsp3) is 0.231. The van der Waals surface area contributed by atoms with Gasteiger partial charge in [0, 0.05) is 43.5 Å². The highest BCUT2D eigenvalue weighted by molar-refractivity contribution is 6.21. The molecule has 0 bridgehead atoms. The number of hydrogen-bond donors (Lipinski definition) is 0. The van der Waals surface area contributed by atoms with Crippen LogP contribution < -0.4 is 0 Å². The number of ketones is 1. The molecule has 2 aromatic carbocycles. The lowest BCUT2D eigenvalue weighted by Crippen LogP contribution is -2.11. The summed E-state index contributed by atoms with van der Waals surface area (Å²) in [5.41, 5.74) is 6.94. The van der Waals surface area contributed by atoms with Gasteiger partial charge in [0.05, 0.1) is 5.71 Å². The summed E-state index contributed by atoms with van der Waals surface area (Å²) in [5, 5.41) is 2.35. The SMILES string of the molecule is C=C(c1ccc(C2=CC(=NC)/C(=C(\CC)C(C)=O)C=C2)c2ccccc12)N(C)C. The summed E-state index contributed by atoms with van der Waals surface area (Å²) in [5.74, 6) is 0.0992. The third-order valence-electron chi connectivity index (χ3n) is 5.43. The number of allylic oxidation sites excluding steroid dienone is 6.